The van der Waals surface area contributed by atoms with Gasteiger partial charge in [-0.05, 0) is 26.3 Å². The monoisotopic (exact) mass is 407 g/mol. The molecule has 144 valence electrons. The lowest BCUT2D eigenvalue weighted by Gasteiger charge is -2.07. The Morgan fingerprint density at radius 1 is 1.26 bits per heavy atom. The van der Waals surface area contributed by atoms with Crippen LogP contribution in [-0.2, 0) is 4.74 Å². The Morgan fingerprint density at radius 2 is 2.00 bits per heavy atom. The number of thiophene rings is 1. The first kappa shape index (κ1) is 19.6. The van der Waals surface area contributed by atoms with Gasteiger partial charge in [-0.3, -0.25) is 9.89 Å². The maximum atomic E-state index is 12.6. The maximum absolute atomic E-state index is 12.6. The summed E-state index contributed by atoms with van der Waals surface area (Å²) in [6.07, 6.45) is 0. The van der Waals surface area contributed by atoms with Crippen molar-refractivity contribution in [3.8, 4) is 0 Å². The molecule has 10 heteroatoms. The van der Waals surface area contributed by atoms with Crippen LogP contribution < -0.4 is 5.56 Å². The molecule has 1 atom stereocenters. The van der Waals surface area contributed by atoms with Crippen molar-refractivity contribution >= 4 is 39.3 Å². The Labute approximate surface area is 164 Å². The summed E-state index contributed by atoms with van der Waals surface area (Å²) in [5.41, 5.74) is 0.342. The number of hydrogen-bond acceptors (Lipinski definition) is 8. The van der Waals surface area contributed by atoms with Gasteiger partial charge in [-0.15, -0.1) is 16.4 Å². The molecule has 0 saturated heterocycles. The van der Waals surface area contributed by atoms with E-state index in [1.54, 1.807) is 13.8 Å². The van der Waals surface area contributed by atoms with Crippen molar-refractivity contribution < 1.29 is 9.53 Å². The molecule has 3 aromatic heterocycles. The Balaban J connectivity index is 1.92. The molecule has 0 aliphatic heterocycles. The molecule has 27 heavy (non-hydrogen) atoms. The van der Waals surface area contributed by atoms with Crippen LogP contribution in [0.4, 0.5) is 0 Å². The highest BCUT2D eigenvalue weighted by atomic mass is 32.2. The highest BCUT2D eigenvalue weighted by Gasteiger charge is 2.22. The number of carbonyl (C=O) groups excluding carboxylic acids is 1. The van der Waals surface area contributed by atoms with Crippen molar-refractivity contribution in [2.75, 3.05) is 6.61 Å². The fourth-order valence-corrected chi connectivity index (χ4v) is 4.40. The average Bonchev–Trinajstić information content (AvgIpc) is 3.20. The van der Waals surface area contributed by atoms with Gasteiger partial charge >= 0.3 is 5.97 Å². The number of fused-ring (bicyclic) bond motifs is 1. The van der Waals surface area contributed by atoms with E-state index in [1.807, 2.05) is 20.8 Å². The molecule has 3 rings (SSSR count). The summed E-state index contributed by atoms with van der Waals surface area (Å²) in [5.74, 6) is 1.16. The number of nitrogens with zero attached hydrogens (tertiary/aromatic N) is 3. The van der Waals surface area contributed by atoms with E-state index in [4.69, 9.17) is 4.74 Å². The number of aromatic amines is 2. The molecular weight excluding hydrogens is 386 g/mol. The number of nitrogens with one attached hydrogen (secondary N) is 2. The van der Waals surface area contributed by atoms with Gasteiger partial charge in [-0.2, -0.15) is 0 Å². The highest BCUT2D eigenvalue weighted by molar-refractivity contribution is 7.99. The van der Waals surface area contributed by atoms with Crippen LogP contribution >= 0.6 is 23.1 Å². The Kier molecular flexibility index (Phi) is 5.66. The van der Waals surface area contributed by atoms with E-state index in [2.05, 4.69) is 25.1 Å². The molecule has 0 saturated carbocycles. The van der Waals surface area contributed by atoms with Crippen molar-refractivity contribution in [2.45, 2.75) is 50.9 Å². The van der Waals surface area contributed by atoms with Gasteiger partial charge in [0.1, 0.15) is 21.4 Å². The summed E-state index contributed by atoms with van der Waals surface area (Å²) in [4.78, 5) is 37.4. The van der Waals surface area contributed by atoms with E-state index < -0.39 is 5.97 Å². The summed E-state index contributed by atoms with van der Waals surface area (Å²) in [6.45, 7) is 9.76. The van der Waals surface area contributed by atoms with Crippen molar-refractivity contribution in [1.29, 1.82) is 0 Å². The molecule has 0 bridgehead atoms. The topological polar surface area (TPSA) is 114 Å². The fraction of sp³-hybridized carbons (Fsp3) is 0.471. The molecule has 2 N–H and O–H groups in total. The number of rotatable bonds is 6. The van der Waals surface area contributed by atoms with E-state index in [-0.39, 0.29) is 23.3 Å². The van der Waals surface area contributed by atoms with Crippen LogP contribution in [0.15, 0.2) is 9.95 Å². The van der Waals surface area contributed by atoms with Gasteiger partial charge in [0.25, 0.3) is 5.56 Å². The van der Waals surface area contributed by atoms with Crippen LogP contribution in [0, 0.1) is 6.92 Å². The summed E-state index contributed by atoms with van der Waals surface area (Å²) in [5, 5.41) is 7.99. The molecule has 0 amide bonds. The number of esters is 1. The minimum absolute atomic E-state index is 0.161. The zero-order valence-corrected chi connectivity index (χ0v) is 17.4. The molecule has 0 radical (unpaired) electrons. The predicted molar refractivity (Wildman–Crippen MR) is 106 cm³/mol. The molecule has 0 aromatic carbocycles. The van der Waals surface area contributed by atoms with Gasteiger partial charge < -0.3 is 9.72 Å². The Hall–Kier alpha value is -2.20. The predicted octanol–water partition coefficient (Wildman–Crippen LogP) is 3.56. The van der Waals surface area contributed by atoms with Crippen LogP contribution in [0.5, 0.6) is 0 Å². The largest absolute Gasteiger partial charge is 0.462 e. The van der Waals surface area contributed by atoms with Gasteiger partial charge in [0.2, 0.25) is 5.16 Å². The van der Waals surface area contributed by atoms with E-state index in [0.29, 0.717) is 31.6 Å². The van der Waals surface area contributed by atoms with Crippen molar-refractivity contribution in [3.05, 3.63) is 32.4 Å². The van der Waals surface area contributed by atoms with Crippen LogP contribution in [0.25, 0.3) is 10.2 Å². The van der Waals surface area contributed by atoms with Crippen LogP contribution in [-0.4, -0.2) is 37.7 Å². The third-order valence-electron chi connectivity index (χ3n) is 3.98. The van der Waals surface area contributed by atoms with Gasteiger partial charge in [-0.1, -0.05) is 25.6 Å². The standard InChI is InChI=1S/C17H21N5O3S2/c1-6-25-16(24)11-8(4)10-14(23)18-13(19-15(10)27-11)9(5)26-17-20-12(7(2)3)21-22-17/h7,9H,6H2,1-5H3,(H,18,19,23)(H,20,21,22). The number of aryl methyl sites for hydroxylation is 1. The second-order valence-electron chi connectivity index (χ2n) is 6.33. The minimum atomic E-state index is -0.427. The number of aromatic nitrogens is 5. The first-order chi connectivity index (χ1) is 12.8. The van der Waals surface area contributed by atoms with E-state index >= 15 is 0 Å². The van der Waals surface area contributed by atoms with Gasteiger partial charge in [-0.25, -0.2) is 14.8 Å². The molecule has 8 nitrogen and oxygen atoms in total. The Morgan fingerprint density at radius 3 is 2.63 bits per heavy atom. The molecule has 3 heterocycles. The third kappa shape index (κ3) is 3.91. The molecule has 0 aliphatic rings. The zero-order chi connectivity index (χ0) is 19.7. The summed E-state index contributed by atoms with van der Waals surface area (Å²) in [7, 11) is 0. The van der Waals surface area contributed by atoms with E-state index in [1.165, 1.54) is 23.1 Å². The first-order valence-corrected chi connectivity index (χ1v) is 10.3. The maximum Gasteiger partial charge on any atom is 0.348 e. The van der Waals surface area contributed by atoms with E-state index in [0.717, 1.165) is 5.82 Å². The molecule has 0 aliphatic carbocycles. The van der Waals surface area contributed by atoms with Crippen molar-refractivity contribution in [2.24, 2.45) is 0 Å². The smallest absolute Gasteiger partial charge is 0.348 e. The summed E-state index contributed by atoms with van der Waals surface area (Å²) >= 11 is 2.58. The van der Waals surface area contributed by atoms with Crippen LogP contribution in [0.2, 0.25) is 0 Å². The van der Waals surface area contributed by atoms with Crippen LogP contribution in [0.1, 0.15) is 65.7 Å². The number of hydrogen-bond donors (Lipinski definition) is 2. The van der Waals surface area contributed by atoms with Crippen molar-refractivity contribution in [3.63, 3.8) is 0 Å². The highest BCUT2D eigenvalue weighted by Crippen LogP contribution is 2.33. The van der Waals surface area contributed by atoms with Crippen LogP contribution in [0.3, 0.4) is 0 Å². The van der Waals surface area contributed by atoms with Crippen molar-refractivity contribution in [1.82, 2.24) is 25.1 Å². The van der Waals surface area contributed by atoms with Gasteiger partial charge in [0.15, 0.2) is 0 Å². The molecule has 0 spiro atoms. The molecule has 0 fully saturated rings. The molecule has 3 aromatic rings. The lowest BCUT2D eigenvalue weighted by Crippen LogP contribution is -2.13. The Bertz CT molecular complexity index is 1040. The zero-order valence-electron chi connectivity index (χ0n) is 15.7. The second-order valence-corrected chi connectivity index (χ2v) is 8.63. The number of H-pyrrole nitrogens is 2. The number of ether oxygens (including phenoxy) is 1. The minimum Gasteiger partial charge on any atom is -0.462 e. The lowest BCUT2D eigenvalue weighted by atomic mass is 10.2. The van der Waals surface area contributed by atoms with Gasteiger partial charge in [0.05, 0.1) is 17.2 Å². The number of carbonyl (C=O) groups is 1. The van der Waals surface area contributed by atoms with Gasteiger partial charge in [0, 0.05) is 5.92 Å². The van der Waals surface area contributed by atoms with E-state index in [9.17, 15) is 9.59 Å². The third-order valence-corrected chi connectivity index (χ3v) is 6.11. The summed E-state index contributed by atoms with van der Waals surface area (Å²) < 4.78 is 5.06. The number of thioether (sulfide) groups is 1. The summed E-state index contributed by atoms with van der Waals surface area (Å²) in [6, 6.07) is 0. The molecular formula is C17H21N5O3S2. The average molecular weight is 408 g/mol. The second kappa shape index (κ2) is 7.81. The first-order valence-electron chi connectivity index (χ1n) is 8.61. The lowest BCUT2D eigenvalue weighted by molar-refractivity contribution is 0.0531. The quantitative estimate of drug-likeness (QED) is 0.474. The normalized spacial score (nSPS) is 12.7. The molecule has 1 unspecified atom stereocenters. The SMILES string of the molecule is CCOC(=O)c1sc2nc(C(C)Sc3n[nH]c(C(C)C)n3)[nH]c(=O)c2c1C. The fourth-order valence-electron chi connectivity index (χ4n) is 2.53.